The molecule has 0 aromatic carbocycles. The maximum Gasteiger partial charge on any atom is 0.158 e. The lowest BCUT2D eigenvalue weighted by molar-refractivity contribution is -0.122. The minimum Gasteiger partial charge on any atom is -0.377 e. The van der Waals surface area contributed by atoms with Gasteiger partial charge >= 0.3 is 0 Å². The lowest BCUT2D eigenvalue weighted by Crippen LogP contribution is -2.06. The second-order valence-electron chi connectivity index (χ2n) is 2.57. The van der Waals surface area contributed by atoms with E-state index >= 15 is 0 Å². The number of ether oxygens (including phenoxy) is 1. The van der Waals surface area contributed by atoms with Crippen LogP contribution < -0.4 is 5.73 Å². The van der Waals surface area contributed by atoms with E-state index in [1.165, 1.54) is 7.11 Å². The molecule has 0 aliphatic heterocycles. The quantitative estimate of drug-likeness (QED) is 0.557. The number of ketones is 1. The van der Waals surface area contributed by atoms with Crippen LogP contribution in [-0.2, 0) is 9.53 Å². The Balaban J connectivity index is 3.04. The van der Waals surface area contributed by atoms with Crippen molar-refractivity contribution in [1.29, 1.82) is 0 Å². The van der Waals surface area contributed by atoms with Crippen LogP contribution in [0.2, 0.25) is 0 Å². The second-order valence-corrected chi connectivity index (χ2v) is 2.57. The molecule has 66 valence electrons. The predicted molar refractivity (Wildman–Crippen MR) is 44.4 cm³/mol. The van der Waals surface area contributed by atoms with E-state index < -0.39 is 0 Å². The molecule has 2 N–H and O–H groups in total. The average molecular weight is 159 g/mol. The van der Waals surface area contributed by atoms with Crippen LogP contribution in [-0.4, -0.2) is 26.0 Å². The first kappa shape index (κ1) is 10.6. The highest BCUT2D eigenvalue weighted by molar-refractivity contribution is 5.79. The first-order chi connectivity index (χ1) is 5.31. The molecule has 0 aliphatic rings. The largest absolute Gasteiger partial charge is 0.377 e. The maximum atomic E-state index is 10.8. The standard InChI is InChI=1S/C8H17NO2/c1-11-7-8(10)5-3-2-4-6-9/h2-7,9H2,1H3. The molecule has 0 saturated carbocycles. The highest BCUT2D eigenvalue weighted by Crippen LogP contribution is 1.99. The Labute approximate surface area is 67.9 Å². The number of hydrogen-bond acceptors (Lipinski definition) is 3. The number of Topliss-reactive ketones (excluding diaryl/α,β-unsaturated/α-hetero) is 1. The highest BCUT2D eigenvalue weighted by atomic mass is 16.5. The third-order valence-electron chi connectivity index (χ3n) is 1.47. The molecule has 0 bridgehead atoms. The summed E-state index contributed by atoms with van der Waals surface area (Å²) in [6.07, 6.45) is 3.64. The topological polar surface area (TPSA) is 52.3 Å². The van der Waals surface area contributed by atoms with Crippen LogP contribution in [0.4, 0.5) is 0 Å². The lowest BCUT2D eigenvalue weighted by atomic mass is 10.1. The van der Waals surface area contributed by atoms with Gasteiger partial charge in [-0.2, -0.15) is 0 Å². The molecule has 0 radical (unpaired) electrons. The van der Waals surface area contributed by atoms with Crippen molar-refractivity contribution in [3.05, 3.63) is 0 Å². The van der Waals surface area contributed by atoms with Crippen LogP contribution in [0.25, 0.3) is 0 Å². The van der Waals surface area contributed by atoms with Crippen molar-refractivity contribution in [1.82, 2.24) is 0 Å². The predicted octanol–water partition coefficient (Wildman–Crippen LogP) is 0.721. The fourth-order valence-electron chi connectivity index (χ4n) is 0.876. The Morgan fingerprint density at radius 3 is 2.64 bits per heavy atom. The molecule has 0 rings (SSSR count). The molecule has 3 nitrogen and oxygen atoms in total. The first-order valence-corrected chi connectivity index (χ1v) is 4.02. The van der Waals surface area contributed by atoms with Gasteiger partial charge in [0.2, 0.25) is 0 Å². The molecule has 0 amide bonds. The van der Waals surface area contributed by atoms with Crippen LogP contribution in [0.1, 0.15) is 25.7 Å². The minimum atomic E-state index is 0.185. The molecular weight excluding hydrogens is 142 g/mol. The summed E-state index contributed by atoms with van der Waals surface area (Å²) in [4.78, 5) is 10.8. The Morgan fingerprint density at radius 1 is 1.36 bits per heavy atom. The van der Waals surface area contributed by atoms with Gasteiger partial charge < -0.3 is 10.5 Å². The third kappa shape index (κ3) is 7.49. The van der Waals surface area contributed by atoms with Crippen LogP contribution >= 0.6 is 0 Å². The van der Waals surface area contributed by atoms with Crippen molar-refractivity contribution in [2.24, 2.45) is 5.73 Å². The summed E-state index contributed by atoms with van der Waals surface area (Å²) in [5.41, 5.74) is 5.29. The second kappa shape index (κ2) is 7.69. The number of methoxy groups -OCH3 is 1. The van der Waals surface area contributed by atoms with Crippen molar-refractivity contribution in [3.63, 3.8) is 0 Å². The van der Waals surface area contributed by atoms with Crippen molar-refractivity contribution < 1.29 is 9.53 Å². The van der Waals surface area contributed by atoms with E-state index in [0.29, 0.717) is 6.42 Å². The van der Waals surface area contributed by atoms with Crippen molar-refractivity contribution in [3.8, 4) is 0 Å². The lowest BCUT2D eigenvalue weighted by Gasteiger charge is -1.98. The molecule has 0 aromatic heterocycles. The van der Waals surface area contributed by atoms with Gasteiger partial charge in [-0.1, -0.05) is 6.42 Å². The Kier molecular flexibility index (Phi) is 7.41. The normalized spacial score (nSPS) is 10.0. The molecule has 0 heterocycles. The van der Waals surface area contributed by atoms with E-state index in [1.807, 2.05) is 0 Å². The van der Waals surface area contributed by atoms with Crippen molar-refractivity contribution >= 4 is 5.78 Å². The molecule has 11 heavy (non-hydrogen) atoms. The van der Waals surface area contributed by atoms with Crippen LogP contribution in [0, 0.1) is 0 Å². The molecule has 0 aromatic rings. The fraction of sp³-hybridized carbons (Fsp3) is 0.875. The first-order valence-electron chi connectivity index (χ1n) is 4.02. The molecule has 0 aliphatic carbocycles. The van der Waals surface area contributed by atoms with Crippen LogP contribution in [0.3, 0.4) is 0 Å². The highest BCUT2D eigenvalue weighted by Gasteiger charge is 1.98. The van der Waals surface area contributed by atoms with E-state index in [0.717, 1.165) is 25.8 Å². The number of unbranched alkanes of at least 4 members (excludes halogenated alkanes) is 2. The number of nitrogens with two attached hydrogens (primary N) is 1. The summed E-state index contributed by atoms with van der Waals surface area (Å²) in [5.74, 6) is 0.185. The smallest absolute Gasteiger partial charge is 0.158 e. The van der Waals surface area contributed by atoms with Crippen molar-refractivity contribution in [2.75, 3.05) is 20.3 Å². The van der Waals surface area contributed by atoms with E-state index in [2.05, 4.69) is 4.74 Å². The van der Waals surface area contributed by atoms with Gasteiger partial charge in [0.05, 0.1) is 0 Å². The van der Waals surface area contributed by atoms with Gasteiger partial charge in [-0.25, -0.2) is 0 Å². The molecule has 0 atom stereocenters. The summed E-state index contributed by atoms with van der Waals surface area (Å²) in [6.45, 7) is 0.973. The zero-order valence-corrected chi connectivity index (χ0v) is 7.14. The van der Waals surface area contributed by atoms with Gasteiger partial charge in [-0.3, -0.25) is 4.79 Å². The average Bonchev–Trinajstić information content (AvgIpc) is 1.99. The Morgan fingerprint density at radius 2 is 2.09 bits per heavy atom. The van der Waals surface area contributed by atoms with Crippen LogP contribution in [0.15, 0.2) is 0 Å². The van der Waals surface area contributed by atoms with Gasteiger partial charge in [0, 0.05) is 13.5 Å². The number of rotatable bonds is 7. The molecule has 0 saturated heterocycles. The third-order valence-corrected chi connectivity index (χ3v) is 1.47. The maximum absolute atomic E-state index is 10.8. The summed E-state index contributed by atoms with van der Waals surface area (Å²) >= 11 is 0. The number of carbonyl (C=O) groups excluding carboxylic acids is 1. The summed E-state index contributed by atoms with van der Waals surface area (Å²) in [7, 11) is 1.54. The number of carbonyl (C=O) groups is 1. The van der Waals surface area contributed by atoms with Crippen molar-refractivity contribution in [2.45, 2.75) is 25.7 Å². The van der Waals surface area contributed by atoms with E-state index in [9.17, 15) is 4.79 Å². The minimum absolute atomic E-state index is 0.185. The number of hydrogen-bond donors (Lipinski definition) is 1. The van der Waals surface area contributed by atoms with Gasteiger partial charge in [-0.15, -0.1) is 0 Å². The fourth-order valence-corrected chi connectivity index (χ4v) is 0.876. The van der Waals surface area contributed by atoms with E-state index in [4.69, 9.17) is 5.73 Å². The Hall–Kier alpha value is -0.410. The van der Waals surface area contributed by atoms with Crippen LogP contribution in [0.5, 0.6) is 0 Å². The van der Waals surface area contributed by atoms with Gasteiger partial charge in [-0.05, 0) is 19.4 Å². The molecule has 3 heteroatoms. The molecule has 0 unspecified atom stereocenters. The zero-order valence-electron chi connectivity index (χ0n) is 7.14. The Bertz CT molecular complexity index is 104. The van der Waals surface area contributed by atoms with E-state index in [-0.39, 0.29) is 12.4 Å². The van der Waals surface area contributed by atoms with Gasteiger partial charge in [0.25, 0.3) is 0 Å². The van der Waals surface area contributed by atoms with E-state index in [1.54, 1.807) is 0 Å². The summed E-state index contributed by atoms with van der Waals surface area (Å²) < 4.78 is 4.69. The summed E-state index contributed by atoms with van der Waals surface area (Å²) in [6, 6.07) is 0. The van der Waals surface area contributed by atoms with Gasteiger partial charge in [0.1, 0.15) is 6.61 Å². The molecular formula is C8H17NO2. The summed E-state index contributed by atoms with van der Waals surface area (Å²) in [5, 5.41) is 0. The SMILES string of the molecule is COCC(=O)CCCCCN. The van der Waals surface area contributed by atoms with Gasteiger partial charge in [0.15, 0.2) is 5.78 Å². The molecule has 0 fully saturated rings. The monoisotopic (exact) mass is 159 g/mol. The zero-order chi connectivity index (χ0) is 8.53. The molecule has 0 spiro atoms.